The summed E-state index contributed by atoms with van der Waals surface area (Å²) in [4.78, 5) is 11.8. The summed E-state index contributed by atoms with van der Waals surface area (Å²) < 4.78 is 0. The van der Waals surface area contributed by atoms with E-state index in [1.54, 1.807) is 0 Å². The molecule has 14 heavy (non-hydrogen) atoms. The number of aryl methyl sites for hydroxylation is 1. The molecule has 0 bridgehead atoms. The van der Waals surface area contributed by atoms with Crippen LogP contribution in [-0.2, 0) is 0 Å². The van der Waals surface area contributed by atoms with Gasteiger partial charge in [0.1, 0.15) is 0 Å². The van der Waals surface area contributed by atoms with Crippen molar-refractivity contribution in [3.05, 3.63) is 34.9 Å². The van der Waals surface area contributed by atoms with Crippen molar-refractivity contribution < 1.29 is 9.90 Å². The minimum Gasteiger partial charge on any atom is -0.388 e. The van der Waals surface area contributed by atoms with Gasteiger partial charge in [-0.05, 0) is 25.0 Å². The molecule has 1 N–H and O–H groups in total. The molecular formula is C12H14O2. The molecule has 0 fully saturated rings. The molecule has 1 aliphatic carbocycles. The molecule has 2 rings (SSSR count). The predicted octanol–water partition coefficient (Wildman–Crippen LogP) is 2.25. The summed E-state index contributed by atoms with van der Waals surface area (Å²) in [6.07, 6.45) is 0.0767. The second kappa shape index (κ2) is 3.21. The van der Waals surface area contributed by atoms with Gasteiger partial charge in [-0.15, -0.1) is 0 Å². The zero-order valence-corrected chi connectivity index (χ0v) is 8.45. The molecule has 2 heteroatoms. The van der Waals surface area contributed by atoms with Crippen LogP contribution in [0.5, 0.6) is 0 Å². The van der Waals surface area contributed by atoms with Crippen LogP contribution >= 0.6 is 0 Å². The monoisotopic (exact) mass is 190 g/mol. The zero-order chi connectivity index (χ0) is 10.3. The molecule has 0 aliphatic heterocycles. The van der Waals surface area contributed by atoms with Crippen LogP contribution in [0.3, 0.4) is 0 Å². The fourth-order valence-corrected chi connectivity index (χ4v) is 2.01. The Morgan fingerprint density at radius 2 is 2.14 bits per heavy atom. The molecule has 2 atom stereocenters. The maximum atomic E-state index is 11.8. The van der Waals surface area contributed by atoms with Crippen molar-refractivity contribution in [2.45, 2.75) is 26.4 Å². The van der Waals surface area contributed by atoms with Gasteiger partial charge < -0.3 is 5.11 Å². The molecule has 0 spiro atoms. The lowest BCUT2D eigenvalue weighted by molar-refractivity contribution is 0.0795. The summed E-state index contributed by atoms with van der Waals surface area (Å²) in [6, 6.07) is 5.67. The van der Waals surface area contributed by atoms with E-state index in [1.807, 2.05) is 32.0 Å². The Hall–Kier alpha value is -1.15. The number of hydrogen-bond acceptors (Lipinski definition) is 2. The van der Waals surface area contributed by atoms with E-state index in [0.717, 1.165) is 11.1 Å². The average Bonchev–Trinajstić information content (AvgIpc) is 2.14. The second-order valence-corrected chi connectivity index (χ2v) is 4.11. The largest absolute Gasteiger partial charge is 0.388 e. The summed E-state index contributed by atoms with van der Waals surface area (Å²) in [5.74, 6) is 0.105. The lowest BCUT2D eigenvalue weighted by Crippen LogP contribution is -2.23. The smallest absolute Gasteiger partial charge is 0.166 e. The summed E-state index contributed by atoms with van der Waals surface area (Å²) in [5, 5.41) is 9.79. The van der Waals surface area contributed by atoms with Crippen LogP contribution in [0.15, 0.2) is 18.2 Å². The van der Waals surface area contributed by atoms with Crippen molar-refractivity contribution in [1.29, 1.82) is 0 Å². The molecule has 74 valence electrons. The minimum atomic E-state index is -0.474. The molecule has 1 aliphatic rings. The molecule has 0 saturated heterocycles. The van der Waals surface area contributed by atoms with E-state index >= 15 is 0 Å². The molecule has 0 heterocycles. The van der Waals surface area contributed by atoms with Gasteiger partial charge in [-0.2, -0.15) is 0 Å². The number of fused-ring (bicyclic) bond motifs is 1. The number of Topliss-reactive ketones (excluding diaryl/α,β-unsaturated/α-hetero) is 1. The quantitative estimate of drug-likeness (QED) is 0.681. The number of benzene rings is 1. The third-order valence-electron chi connectivity index (χ3n) is 2.86. The number of hydrogen-bond donors (Lipinski definition) is 1. The third kappa shape index (κ3) is 1.36. The average molecular weight is 190 g/mol. The summed E-state index contributed by atoms with van der Waals surface area (Å²) >= 11 is 0. The van der Waals surface area contributed by atoms with Gasteiger partial charge in [-0.3, -0.25) is 4.79 Å². The highest BCUT2D eigenvalue weighted by Crippen LogP contribution is 2.33. The molecular weight excluding hydrogens is 176 g/mol. The Labute approximate surface area is 83.6 Å². The van der Waals surface area contributed by atoms with Crippen LogP contribution in [0.2, 0.25) is 0 Å². The maximum absolute atomic E-state index is 11.8. The lowest BCUT2D eigenvalue weighted by Gasteiger charge is -2.25. The van der Waals surface area contributed by atoms with E-state index in [4.69, 9.17) is 0 Å². The number of aliphatic hydroxyl groups is 1. The van der Waals surface area contributed by atoms with Gasteiger partial charge >= 0.3 is 0 Å². The molecule has 0 unspecified atom stereocenters. The van der Waals surface area contributed by atoms with Gasteiger partial charge in [-0.1, -0.05) is 24.6 Å². The second-order valence-electron chi connectivity index (χ2n) is 4.11. The van der Waals surface area contributed by atoms with Crippen molar-refractivity contribution in [2.24, 2.45) is 5.92 Å². The van der Waals surface area contributed by atoms with Crippen molar-refractivity contribution >= 4 is 5.78 Å². The summed E-state index contributed by atoms with van der Waals surface area (Å²) in [7, 11) is 0. The Balaban J connectivity index is 2.56. The zero-order valence-electron chi connectivity index (χ0n) is 8.45. The van der Waals surface area contributed by atoms with Gasteiger partial charge in [-0.25, -0.2) is 0 Å². The van der Waals surface area contributed by atoms with Crippen LogP contribution < -0.4 is 0 Å². The molecule has 2 nitrogen and oxygen atoms in total. The van der Waals surface area contributed by atoms with Gasteiger partial charge in [0.25, 0.3) is 0 Å². The minimum absolute atomic E-state index is 0.0562. The molecule has 0 aromatic heterocycles. The number of aliphatic hydroxyl groups excluding tert-OH is 1. The Kier molecular flexibility index (Phi) is 2.16. The van der Waals surface area contributed by atoms with E-state index < -0.39 is 6.10 Å². The van der Waals surface area contributed by atoms with Crippen LogP contribution in [0.4, 0.5) is 0 Å². The first-order valence-corrected chi connectivity index (χ1v) is 4.92. The standard InChI is InChI=1S/C12H14O2/c1-7-3-4-9-10(5-7)12(14)8(2)6-11(9)13/h3-5,8,11,13H,6H2,1-2H3/t8-,11+/m1/s1. The molecule has 0 saturated carbocycles. The highest BCUT2D eigenvalue weighted by molar-refractivity contribution is 6.00. The van der Waals surface area contributed by atoms with E-state index in [2.05, 4.69) is 0 Å². The number of rotatable bonds is 0. The van der Waals surface area contributed by atoms with Crippen molar-refractivity contribution in [2.75, 3.05) is 0 Å². The van der Waals surface area contributed by atoms with E-state index in [-0.39, 0.29) is 11.7 Å². The Bertz CT molecular complexity index is 382. The van der Waals surface area contributed by atoms with E-state index in [1.165, 1.54) is 0 Å². The fourth-order valence-electron chi connectivity index (χ4n) is 2.01. The van der Waals surface area contributed by atoms with Gasteiger partial charge in [0.15, 0.2) is 5.78 Å². The molecule has 1 aromatic rings. The first-order chi connectivity index (χ1) is 6.59. The van der Waals surface area contributed by atoms with E-state index in [9.17, 15) is 9.90 Å². The highest BCUT2D eigenvalue weighted by atomic mass is 16.3. The first-order valence-electron chi connectivity index (χ1n) is 4.92. The topological polar surface area (TPSA) is 37.3 Å². The third-order valence-corrected chi connectivity index (χ3v) is 2.86. The first kappa shape index (κ1) is 9.41. The lowest BCUT2D eigenvalue weighted by atomic mass is 9.81. The molecule has 0 radical (unpaired) electrons. The summed E-state index contributed by atoms with van der Waals surface area (Å²) in [5.41, 5.74) is 2.56. The van der Waals surface area contributed by atoms with Crippen LogP contribution in [0.25, 0.3) is 0 Å². The molecule has 0 amide bonds. The van der Waals surface area contributed by atoms with Gasteiger partial charge in [0.05, 0.1) is 6.10 Å². The Morgan fingerprint density at radius 3 is 2.86 bits per heavy atom. The van der Waals surface area contributed by atoms with Crippen molar-refractivity contribution in [1.82, 2.24) is 0 Å². The summed E-state index contributed by atoms with van der Waals surface area (Å²) in [6.45, 7) is 3.83. The van der Waals surface area contributed by atoms with Gasteiger partial charge in [0, 0.05) is 11.5 Å². The van der Waals surface area contributed by atoms with Crippen molar-refractivity contribution in [3.63, 3.8) is 0 Å². The number of carbonyl (C=O) groups excluding carboxylic acids is 1. The highest BCUT2D eigenvalue weighted by Gasteiger charge is 2.29. The maximum Gasteiger partial charge on any atom is 0.166 e. The van der Waals surface area contributed by atoms with Crippen molar-refractivity contribution in [3.8, 4) is 0 Å². The van der Waals surface area contributed by atoms with Gasteiger partial charge in [0.2, 0.25) is 0 Å². The SMILES string of the molecule is Cc1ccc2c(c1)C(=O)[C@H](C)C[C@@H]2O. The fraction of sp³-hybridized carbons (Fsp3) is 0.417. The van der Waals surface area contributed by atoms with Crippen LogP contribution in [0, 0.1) is 12.8 Å². The van der Waals surface area contributed by atoms with Crippen LogP contribution in [-0.4, -0.2) is 10.9 Å². The number of ketones is 1. The Morgan fingerprint density at radius 1 is 1.43 bits per heavy atom. The number of carbonyl (C=O) groups is 1. The molecule has 1 aromatic carbocycles. The normalized spacial score (nSPS) is 26.1. The van der Waals surface area contributed by atoms with Crippen LogP contribution in [0.1, 0.15) is 40.9 Å². The van der Waals surface area contributed by atoms with E-state index in [0.29, 0.717) is 12.0 Å². The predicted molar refractivity (Wildman–Crippen MR) is 54.3 cm³/mol.